The largest absolute Gasteiger partial charge is 0.377 e. The fourth-order valence-corrected chi connectivity index (χ4v) is 3.08. The number of hydrogen-bond donors (Lipinski definition) is 2. The molecule has 1 atom stereocenters. The second-order valence-corrected chi connectivity index (χ2v) is 6.48. The van der Waals surface area contributed by atoms with Crippen LogP contribution < -0.4 is 11.1 Å². The summed E-state index contributed by atoms with van der Waals surface area (Å²) in [7, 11) is 0. The SMILES string of the molecule is NCC1(Nc2ccc(Br)cc2)CCN(C2CC2)C1. The summed E-state index contributed by atoms with van der Waals surface area (Å²) >= 11 is 3.46. The van der Waals surface area contributed by atoms with Gasteiger partial charge in [-0.3, -0.25) is 4.90 Å². The highest BCUT2D eigenvalue weighted by Crippen LogP contribution is 2.34. The fraction of sp³-hybridized carbons (Fsp3) is 0.571. The van der Waals surface area contributed by atoms with Crippen molar-refractivity contribution in [3.63, 3.8) is 0 Å². The topological polar surface area (TPSA) is 41.3 Å². The molecule has 4 heteroatoms. The summed E-state index contributed by atoms with van der Waals surface area (Å²) in [5.41, 5.74) is 7.26. The maximum Gasteiger partial charge on any atom is 0.0634 e. The lowest BCUT2D eigenvalue weighted by molar-refractivity contribution is 0.309. The van der Waals surface area contributed by atoms with Crippen LogP contribution in [-0.2, 0) is 0 Å². The summed E-state index contributed by atoms with van der Waals surface area (Å²) in [6.07, 6.45) is 3.90. The summed E-state index contributed by atoms with van der Waals surface area (Å²) in [6, 6.07) is 9.20. The van der Waals surface area contributed by atoms with E-state index in [1.165, 1.54) is 25.1 Å². The van der Waals surface area contributed by atoms with Crippen LogP contribution in [0.1, 0.15) is 19.3 Å². The number of halogens is 1. The molecule has 2 fully saturated rings. The van der Waals surface area contributed by atoms with Gasteiger partial charge in [0.15, 0.2) is 0 Å². The first-order valence-corrected chi connectivity index (χ1v) is 7.48. The molecule has 3 rings (SSSR count). The summed E-state index contributed by atoms with van der Waals surface area (Å²) in [6.45, 7) is 2.97. The first kappa shape index (κ1) is 12.5. The molecule has 3 N–H and O–H groups in total. The van der Waals surface area contributed by atoms with E-state index in [1.54, 1.807) is 0 Å². The van der Waals surface area contributed by atoms with Crippen molar-refractivity contribution in [1.82, 2.24) is 4.90 Å². The molecule has 1 heterocycles. The molecule has 1 aliphatic carbocycles. The Morgan fingerprint density at radius 2 is 2.06 bits per heavy atom. The lowest BCUT2D eigenvalue weighted by Crippen LogP contribution is -2.48. The molecule has 0 radical (unpaired) electrons. The Balaban J connectivity index is 1.70. The predicted molar refractivity (Wildman–Crippen MR) is 78.8 cm³/mol. The highest BCUT2D eigenvalue weighted by Gasteiger charge is 2.42. The molecule has 0 aromatic heterocycles. The molecule has 18 heavy (non-hydrogen) atoms. The van der Waals surface area contributed by atoms with Crippen LogP contribution in [-0.4, -0.2) is 36.1 Å². The molecule has 1 saturated carbocycles. The fourth-order valence-electron chi connectivity index (χ4n) is 2.81. The van der Waals surface area contributed by atoms with Crippen LogP contribution >= 0.6 is 15.9 Å². The van der Waals surface area contributed by atoms with Gasteiger partial charge in [0.05, 0.1) is 5.54 Å². The van der Waals surface area contributed by atoms with Crippen LogP contribution in [0.25, 0.3) is 0 Å². The minimum atomic E-state index is 0.0659. The van der Waals surface area contributed by atoms with E-state index in [9.17, 15) is 0 Å². The van der Waals surface area contributed by atoms with E-state index in [0.717, 1.165) is 23.5 Å². The Labute approximate surface area is 117 Å². The Kier molecular flexibility index (Phi) is 3.34. The average molecular weight is 310 g/mol. The molecule has 1 aliphatic heterocycles. The van der Waals surface area contributed by atoms with Crippen LogP contribution in [0, 0.1) is 0 Å². The minimum Gasteiger partial charge on any atom is -0.377 e. The Morgan fingerprint density at radius 1 is 1.33 bits per heavy atom. The van der Waals surface area contributed by atoms with Gasteiger partial charge in [-0.2, -0.15) is 0 Å². The molecule has 1 aromatic rings. The standard InChI is InChI=1S/C14H20BrN3/c15-11-1-3-12(4-2-11)17-14(9-16)7-8-18(10-14)13-5-6-13/h1-4,13,17H,5-10,16H2. The number of likely N-dealkylation sites (tertiary alicyclic amines) is 1. The summed E-state index contributed by atoms with van der Waals surface area (Å²) in [4.78, 5) is 2.60. The number of benzene rings is 1. The zero-order chi connectivity index (χ0) is 12.6. The van der Waals surface area contributed by atoms with Crippen molar-refractivity contribution in [2.24, 2.45) is 5.73 Å². The number of nitrogens with one attached hydrogen (secondary N) is 1. The lowest BCUT2D eigenvalue weighted by Gasteiger charge is -2.30. The van der Waals surface area contributed by atoms with Gasteiger partial charge in [0, 0.05) is 35.8 Å². The van der Waals surface area contributed by atoms with Gasteiger partial charge in [-0.1, -0.05) is 15.9 Å². The molecule has 1 unspecified atom stereocenters. The van der Waals surface area contributed by atoms with Gasteiger partial charge in [-0.15, -0.1) is 0 Å². The second-order valence-electron chi connectivity index (χ2n) is 5.57. The van der Waals surface area contributed by atoms with E-state index in [-0.39, 0.29) is 5.54 Å². The number of rotatable bonds is 4. The summed E-state index contributed by atoms with van der Waals surface area (Å²) in [5, 5.41) is 3.66. The van der Waals surface area contributed by atoms with Gasteiger partial charge in [-0.05, 0) is 43.5 Å². The van der Waals surface area contributed by atoms with Gasteiger partial charge in [0.2, 0.25) is 0 Å². The van der Waals surface area contributed by atoms with E-state index in [4.69, 9.17) is 5.73 Å². The Morgan fingerprint density at radius 3 is 2.67 bits per heavy atom. The van der Waals surface area contributed by atoms with Crippen molar-refractivity contribution < 1.29 is 0 Å². The van der Waals surface area contributed by atoms with Gasteiger partial charge in [0.25, 0.3) is 0 Å². The van der Waals surface area contributed by atoms with E-state index >= 15 is 0 Å². The summed E-state index contributed by atoms with van der Waals surface area (Å²) < 4.78 is 1.11. The van der Waals surface area contributed by atoms with Gasteiger partial charge < -0.3 is 11.1 Å². The molecular formula is C14H20BrN3. The number of hydrogen-bond acceptors (Lipinski definition) is 3. The van der Waals surface area contributed by atoms with Crippen molar-refractivity contribution in [2.45, 2.75) is 30.8 Å². The smallest absolute Gasteiger partial charge is 0.0634 e. The van der Waals surface area contributed by atoms with Crippen molar-refractivity contribution in [3.8, 4) is 0 Å². The first-order valence-electron chi connectivity index (χ1n) is 6.69. The maximum atomic E-state index is 6.03. The molecule has 0 bridgehead atoms. The first-order chi connectivity index (χ1) is 8.71. The Bertz CT molecular complexity index is 416. The van der Waals surface area contributed by atoms with Crippen LogP contribution in [0.2, 0.25) is 0 Å². The van der Waals surface area contributed by atoms with Crippen LogP contribution in [0.5, 0.6) is 0 Å². The molecular weight excluding hydrogens is 290 g/mol. The number of nitrogens with two attached hydrogens (primary N) is 1. The van der Waals surface area contributed by atoms with E-state index in [0.29, 0.717) is 6.54 Å². The highest BCUT2D eigenvalue weighted by atomic mass is 79.9. The maximum absolute atomic E-state index is 6.03. The molecule has 2 aliphatic rings. The quantitative estimate of drug-likeness (QED) is 0.897. The summed E-state index contributed by atoms with van der Waals surface area (Å²) in [5.74, 6) is 0. The molecule has 1 aromatic carbocycles. The van der Waals surface area contributed by atoms with Crippen LogP contribution in [0.4, 0.5) is 5.69 Å². The minimum absolute atomic E-state index is 0.0659. The monoisotopic (exact) mass is 309 g/mol. The number of anilines is 1. The zero-order valence-electron chi connectivity index (χ0n) is 10.5. The van der Waals surface area contributed by atoms with Crippen molar-refractivity contribution in [1.29, 1.82) is 0 Å². The van der Waals surface area contributed by atoms with Crippen LogP contribution in [0.3, 0.4) is 0 Å². The third-order valence-electron chi connectivity index (χ3n) is 4.09. The highest BCUT2D eigenvalue weighted by molar-refractivity contribution is 9.10. The van der Waals surface area contributed by atoms with Gasteiger partial charge in [-0.25, -0.2) is 0 Å². The molecule has 98 valence electrons. The van der Waals surface area contributed by atoms with E-state index in [2.05, 4.69) is 50.4 Å². The average Bonchev–Trinajstić information content (AvgIpc) is 3.15. The molecule has 0 spiro atoms. The molecule has 0 amide bonds. The van der Waals surface area contributed by atoms with Crippen molar-refractivity contribution in [3.05, 3.63) is 28.7 Å². The van der Waals surface area contributed by atoms with E-state index in [1.807, 2.05) is 0 Å². The van der Waals surface area contributed by atoms with Crippen molar-refractivity contribution >= 4 is 21.6 Å². The lowest BCUT2D eigenvalue weighted by atomic mass is 9.98. The van der Waals surface area contributed by atoms with Gasteiger partial charge in [0.1, 0.15) is 0 Å². The van der Waals surface area contributed by atoms with Crippen LogP contribution in [0.15, 0.2) is 28.7 Å². The Hall–Kier alpha value is -0.580. The zero-order valence-corrected chi connectivity index (χ0v) is 12.1. The third kappa shape index (κ3) is 2.56. The molecule has 3 nitrogen and oxygen atoms in total. The van der Waals surface area contributed by atoms with Crippen molar-refractivity contribution in [2.75, 3.05) is 25.0 Å². The van der Waals surface area contributed by atoms with E-state index < -0.39 is 0 Å². The second kappa shape index (κ2) is 4.83. The normalized spacial score (nSPS) is 28.6. The number of nitrogens with zero attached hydrogens (tertiary/aromatic N) is 1. The third-order valence-corrected chi connectivity index (χ3v) is 4.62. The predicted octanol–water partition coefficient (Wildman–Crippen LogP) is 2.43. The van der Waals surface area contributed by atoms with Gasteiger partial charge >= 0.3 is 0 Å². The molecule has 1 saturated heterocycles.